The zero-order valence-electron chi connectivity index (χ0n) is 12.0. The Labute approximate surface area is 152 Å². The molecule has 1 N–H and O–H groups in total. The molecule has 0 saturated carbocycles. The number of nitrogens with one attached hydrogen (secondary N) is 1. The van der Waals surface area contributed by atoms with Gasteiger partial charge < -0.3 is 9.72 Å². The van der Waals surface area contributed by atoms with Crippen molar-refractivity contribution in [2.75, 3.05) is 0 Å². The molecule has 2 aromatic carbocycles. The third-order valence-electron chi connectivity index (χ3n) is 3.20. The molecule has 0 amide bonds. The van der Waals surface area contributed by atoms with Crippen LogP contribution in [-0.2, 0) is 6.61 Å². The average Bonchev–Trinajstić information content (AvgIpc) is 2.54. The normalized spacial score (nSPS) is 10.8. The number of benzene rings is 2. The first kappa shape index (κ1) is 16.6. The van der Waals surface area contributed by atoms with Crippen LogP contribution in [0.2, 0.25) is 0 Å². The number of nitro benzene ring substituents is 1. The maximum atomic E-state index is 12.2. The molecule has 0 fully saturated rings. The minimum atomic E-state index is -0.484. The molecule has 0 radical (unpaired) electrons. The summed E-state index contributed by atoms with van der Waals surface area (Å²) in [5.41, 5.74) is 0.239. The topological polar surface area (TPSA) is 98.1 Å². The van der Waals surface area contributed by atoms with E-state index >= 15 is 0 Å². The van der Waals surface area contributed by atoms with Crippen molar-refractivity contribution < 1.29 is 9.66 Å². The number of hydrogen-bond donors (Lipinski definition) is 1. The van der Waals surface area contributed by atoms with Crippen LogP contribution in [0.15, 0.2) is 50.1 Å². The number of H-pyrrole nitrogens is 1. The minimum Gasteiger partial charge on any atom is -0.486 e. The number of fused-ring (bicyclic) bond motifs is 1. The molecule has 9 heteroatoms. The number of aromatic nitrogens is 2. The van der Waals surface area contributed by atoms with E-state index in [1.165, 1.54) is 24.3 Å². The van der Waals surface area contributed by atoms with E-state index in [0.717, 1.165) is 4.47 Å². The number of rotatable bonds is 4. The van der Waals surface area contributed by atoms with Crippen LogP contribution < -0.4 is 10.3 Å². The predicted octanol–water partition coefficient (Wildman–Crippen LogP) is 3.94. The Bertz CT molecular complexity index is 986. The monoisotopic (exact) mass is 453 g/mol. The summed E-state index contributed by atoms with van der Waals surface area (Å²) in [7, 11) is 0. The molecule has 3 aromatic rings. The number of nitrogens with zero attached hydrogens (tertiary/aromatic N) is 2. The molecule has 1 aromatic heterocycles. The summed E-state index contributed by atoms with van der Waals surface area (Å²) in [4.78, 5) is 29.3. The smallest absolute Gasteiger partial charge is 0.269 e. The summed E-state index contributed by atoms with van der Waals surface area (Å²) < 4.78 is 6.97. The standard InChI is InChI=1S/C15H9Br2N3O4/c16-8-5-11-14(12(17)6-8)18-13(19-15(11)21)7-24-10-3-1-9(2-4-10)20(22)23/h1-6H,7H2,(H,18,19,21). The third-order valence-corrected chi connectivity index (χ3v) is 4.26. The minimum absolute atomic E-state index is 0.0194. The van der Waals surface area contributed by atoms with Crippen LogP contribution in [0.4, 0.5) is 5.69 Å². The van der Waals surface area contributed by atoms with Gasteiger partial charge in [0, 0.05) is 21.1 Å². The molecule has 0 unspecified atom stereocenters. The summed E-state index contributed by atoms with van der Waals surface area (Å²) in [6.07, 6.45) is 0. The second-order valence-corrected chi connectivity index (χ2v) is 6.61. The van der Waals surface area contributed by atoms with Crippen molar-refractivity contribution in [3.05, 3.63) is 71.6 Å². The van der Waals surface area contributed by atoms with Crippen molar-refractivity contribution in [3.63, 3.8) is 0 Å². The van der Waals surface area contributed by atoms with Crippen LogP contribution >= 0.6 is 31.9 Å². The Morgan fingerprint density at radius 2 is 1.92 bits per heavy atom. The van der Waals surface area contributed by atoms with E-state index < -0.39 is 4.92 Å². The highest BCUT2D eigenvalue weighted by Crippen LogP contribution is 2.25. The molecule has 0 aliphatic rings. The predicted molar refractivity (Wildman–Crippen MR) is 95.2 cm³/mol. The highest BCUT2D eigenvalue weighted by Gasteiger charge is 2.10. The molecule has 3 rings (SSSR count). The lowest BCUT2D eigenvalue weighted by Crippen LogP contribution is -2.14. The Morgan fingerprint density at radius 1 is 1.21 bits per heavy atom. The summed E-state index contributed by atoms with van der Waals surface area (Å²) in [5.74, 6) is 0.798. The first-order chi connectivity index (χ1) is 11.4. The van der Waals surface area contributed by atoms with Crippen LogP contribution in [0.25, 0.3) is 10.9 Å². The van der Waals surface area contributed by atoms with Gasteiger partial charge in [0.15, 0.2) is 0 Å². The largest absolute Gasteiger partial charge is 0.486 e. The summed E-state index contributed by atoms with van der Waals surface area (Å²) in [6.45, 7) is 0.0332. The van der Waals surface area contributed by atoms with E-state index in [1.807, 2.05) is 0 Å². The zero-order chi connectivity index (χ0) is 17.3. The lowest BCUT2D eigenvalue weighted by atomic mass is 10.2. The van der Waals surface area contributed by atoms with Crippen LogP contribution in [0.1, 0.15) is 5.82 Å². The summed E-state index contributed by atoms with van der Waals surface area (Å²) in [5, 5.41) is 11.1. The number of halogens is 2. The number of ether oxygens (including phenoxy) is 1. The van der Waals surface area contributed by atoms with E-state index in [1.54, 1.807) is 12.1 Å². The van der Waals surface area contributed by atoms with Gasteiger partial charge in [-0.05, 0) is 40.2 Å². The third kappa shape index (κ3) is 3.46. The first-order valence-corrected chi connectivity index (χ1v) is 8.28. The fourth-order valence-electron chi connectivity index (χ4n) is 2.10. The fraction of sp³-hybridized carbons (Fsp3) is 0.0667. The van der Waals surface area contributed by atoms with Gasteiger partial charge in [0.2, 0.25) is 0 Å². The molecule has 122 valence electrons. The molecule has 0 bridgehead atoms. The van der Waals surface area contributed by atoms with Gasteiger partial charge in [0.1, 0.15) is 18.2 Å². The van der Waals surface area contributed by atoms with E-state index in [9.17, 15) is 14.9 Å². The molecular formula is C15H9Br2N3O4. The molecule has 0 aliphatic carbocycles. The number of aromatic amines is 1. The van der Waals surface area contributed by atoms with Gasteiger partial charge in [-0.2, -0.15) is 0 Å². The van der Waals surface area contributed by atoms with Gasteiger partial charge in [-0.15, -0.1) is 0 Å². The number of non-ortho nitro benzene ring substituents is 1. The Kier molecular flexibility index (Phi) is 4.63. The quantitative estimate of drug-likeness (QED) is 0.475. The SMILES string of the molecule is O=c1[nH]c(COc2ccc([N+](=O)[O-])cc2)nc2c(Br)cc(Br)cc12. The maximum absolute atomic E-state index is 12.2. The highest BCUT2D eigenvalue weighted by atomic mass is 79.9. The van der Waals surface area contributed by atoms with Gasteiger partial charge in [-0.1, -0.05) is 15.9 Å². The fourth-order valence-corrected chi connectivity index (χ4v) is 3.41. The van der Waals surface area contributed by atoms with Gasteiger partial charge in [0.05, 0.1) is 15.8 Å². The van der Waals surface area contributed by atoms with E-state index in [4.69, 9.17) is 4.74 Å². The average molecular weight is 455 g/mol. The Morgan fingerprint density at radius 3 is 2.58 bits per heavy atom. The molecule has 24 heavy (non-hydrogen) atoms. The van der Waals surface area contributed by atoms with Crippen LogP contribution in [0.5, 0.6) is 5.75 Å². The maximum Gasteiger partial charge on any atom is 0.269 e. The Balaban J connectivity index is 1.85. The van der Waals surface area contributed by atoms with Crippen LogP contribution in [0, 0.1) is 10.1 Å². The lowest BCUT2D eigenvalue weighted by Gasteiger charge is -2.07. The Hall–Kier alpha value is -2.26. The molecule has 0 saturated heterocycles. The second kappa shape index (κ2) is 6.70. The molecule has 1 heterocycles. The van der Waals surface area contributed by atoms with Gasteiger partial charge in [-0.25, -0.2) is 4.98 Å². The van der Waals surface area contributed by atoms with Gasteiger partial charge >= 0.3 is 0 Å². The highest BCUT2D eigenvalue weighted by molar-refractivity contribution is 9.11. The van der Waals surface area contributed by atoms with Crippen molar-refractivity contribution >= 4 is 48.5 Å². The summed E-state index contributed by atoms with van der Waals surface area (Å²) in [6, 6.07) is 9.16. The molecule has 7 nitrogen and oxygen atoms in total. The second-order valence-electron chi connectivity index (χ2n) is 4.84. The molecular weight excluding hydrogens is 446 g/mol. The summed E-state index contributed by atoms with van der Waals surface area (Å²) >= 11 is 6.71. The van der Waals surface area contributed by atoms with E-state index in [2.05, 4.69) is 41.8 Å². The molecule has 0 atom stereocenters. The van der Waals surface area contributed by atoms with E-state index in [0.29, 0.717) is 26.9 Å². The van der Waals surface area contributed by atoms with Crippen molar-refractivity contribution in [3.8, 4) is 5.75 Å². The lowest BCUT2D eigenvalue weighted by molar-refractivity contribution is -0.384. The van der Waals surface area contributed by atoms with Gasteiger partial charge in [-0.3, -0.25) is 14.9 Å². The first-order valence-electron chi connectivity index (χ1n) is 6.69. The van der Waals surface area contributed by atoms with Crippen molar-refractivity contribution in [1.29, 1.82) is 0 Å². The van der Waals surface area contributed by atoms with Crippen LogP contribution in [-0.4, -0.2) is 14.9 Å². The van der Waals surface area contributed by atoms with Crippen molar-refractivity contribution in [2.24, 2.45) is 0 Å². The van der Waals surface area contributed by atoms with Gasteiger partial charge in [0.25, 0.3) is 11.2 Å². The van der Waals surface area contributed by atoms with Crippen molar-refractivity contribution in [1.82, 2.24) is 9.97 Å². The molecule has 0 spiro atoms. The van der Waals surface area contributed by atoms with Crippen LogP contribution in [0.3, 0.4) is 0 Å². The number of hydrogen-bond acceptors (Lipinski definition) is 5. The molecule has 0 aliphatic heterocycles. The number of nitro groups is 1. The van der Waals surface area contributed by atoms with Crippen molar-refractivity contribution in [2.45, 2.75) is 6.61 Å². The van der Waals surface area contributed by atoms with E-state index in [-0.39, 0.29) is 17.9 Å². The zero-order valence-corrected chi connectivity index (χ0v) is 15.1.